The Bertz CT molecular complexity index is 1430. The Balaban J connectivity index is 1.59. The highest BCUT2D eigenvalue weighted by molar-refractivity contribution is 7.80. The standard InChI is InChI=1S/C28H25N3O6S/c1-17(32)29-20-9-11-21(12-10-20)37-16-19-14-18(8-13-24(19)35-2)15-22-26(33)30-28(38)31(27(22)34)23-6-4-5-7-25(23)36-3/h4-15H,16H2,1-3H3,(H,29,32)(H,30,33,38). The Labute approximate surface area is 225 Å². The van der Waals surface area contributed by atoms with Crippen LogP contribution in [0, 0.1) is 0 Å². The second-order valence-corrected chi connectivity index (χ2v) is 8.58. The second-order valence-electron chi connectivity index (χ2n) is 8.20. The van der Waals surface area contributed by atoms with Crippen molar-refractivity contribution < 1.29 is 28.6 Å². The highest BCUT2D eigenvalue weighted by Crippen LogP contribution is 2.31. The van der Waals surface area contributed by atoms with Gasteiger partial charge in [-0.05, 0) is 72.4 Å². The van der Waals surface area contributed by atoms with Crippen molar-refractivity contribution in [2.24, 2.45) is 0 Å². The molecule has 194 valence electrons. The molecule has 0 aliphatic carbocycles. The lowest BCUT2D eigenvalue weighted by molar-refractivity contribution is -0.122. The van der Waals surface area contributed by atoms with Crippen molar-refractivity contribution in [2.75, 3.05) is 24.4 Å². The highest BCUT2D eigenvalue weighted by Gasteiger charge is 2.35. The van der Waals surface area contributed by atoms with E-state index in [9.17, 15) is 14.4 Å². The van der Waals surface area contributed by atoms with Crippen LogP contribution in [0.2, 0.25) is 0 Å². The van der Waals surface area contributed by atoms with E-state index in [0.717, 1.165) is 0 Å². The van der Waals surface area contributed by atoms with E-state index < -0.39 is 11.8 Å². The quantitative estimate of drug-likeness (QED) is 0.256. The summed E-state index contributed by atoms with van der Waals surface area (Å²) >= 11 is 5.29. The Hall–Kier alpha value is -4.70. The molecule has 1 heterocycles. The lowest BCUT2D eigenvalue weighted by atomic mass is 10.0. The number of carbonyl (C=O) groups excluding carboxylic acids is 3. The Morgan fingerprint density at radius 2 is 1.71 bits per heavy atom. The SMILES string of the molecule is COc1ccc(C=C2C(=O)NC(=S)N(c3ccccc3OC)C2=O)cc1COc1ccc(NC(C)=O)cc1. The van der Waals surface area contributed by atoms with Gasteiger partial charge in [0, 0.05) is 18.2 Å². The van der Waals surface area contributed by atoms with E-state index in [1.807, 2.05) is 0 Å². The minimum atomic E-state index is -0.598. The van der Waals surface area contributed by atoms with E-state index in [-0.39, 0.29) is 23.2 Å². The normalized spacial score (nSPS) is 14.2. The molecule has 9 nitrogen and oxygen atoms in total. The van der Waals surface area contributed by atoms with Crippen LogP contribution in [-0.4, -0.2) is 37.1 Å². The van der Waals surface area contributed by atoms with Crippen LogP contribution in [0.5, 0.6) is 17.2 Å². The Morgan fingerprint density at radius 3 is 2.39 bits per heavy atom. The average molecular weight is 532 g/mol. The fourth-order valence-electron chi connectivity index (χ4n) is 3.86. The molecule has 1 aliphatic rings. The number of amides is 3. The Kier molecular flexibility index (Phi) is 8.03. The molecule has 0 unspecified atom stereocenters. The van der Waals surface area contributed by atoms with Gasteiger partial charge in [-0.15, -0.1) is 0 Å². The number of anilines is 2. The van der Waals surface area contributed by atoms with Crippen LogP contribution in [0.4, 0.5) is 11.4 Å². The van der Waals surface area contributed by atoms with Crippen molar-refractivity contribution >= 4 is 52.5 Å². The number of thiocarbonyl (C=S) groups is 1. The third-order valence-electron chi connectivity index (χ3n) is 5.61. The molecule has 0 bridgehead atoms. The first-order valence-corrected chi connectivity index (χ1v) is 11.9. The summed E-state index contributed by atoms with van der Waals surface area (Å²) in [4.78, 5) is 38.6. The lowest BCUT2D eigenvalue weighted by Gasteiger charge is -2.29. The van der Waals surface area contributed by atoms with Crippen LogP contribution >= 0.6 is 12.2 Å². The molecule has 3 amide bonds. The second kappa shape index (κ2) is 11.6. The predicted octanol–water partition coefficient (Wildman–Crippen LogP) is 4.07. The first-order valence-electron chi connectivity index (χ1n) is 11.5. The van der Waals surface area contributed by atoms with E-state index in [1.54, 1.807) is 73.8 Å². The largest absolute Gasteiger partial charge is 0.496 e. The van der Waals surface area contributed by atoms with Crippen LogP contribution in [0.15, 0.2) is 72.3 Å². The number of nitrogens with zero attached hydrogens (tertiary/aromatic N) is 1. The summed E-state index contributed by atoms with van der Waals surface area (Å²) in [5.41, 5.74) is 2.29. The van der Waals surface area contributed by atoms with Crippen molar-refractivity contribution in [2.45, 2.75) is 13.5 Å². The van der Waals surface area contributed by atoms with Gasteiger partial charge in [0.2, 0.25) is 5.91 Å². The number of hydrogen-bond acceptors (Lipinski definition) is 7. The molecule has 1 saturated heterocycles. The molecule has 4 rings (SSSR count). The molecule has 38 heavy (non-hydrogen) atoms. The summed E-state index contributed by atoms with van der Waals surface area (Å²) in [5.74, 6) is 0.279. The van der Waals surface area contributed by atoms with Crippen molar-refractivity contribution in [3.63, 3.8) is 0 Å². The number of benzene rings is 3. The van der Waals surface area contributed by atoms with E-state index in [2.05, 4.69) is 10.6 Å². The molecule has 3 aromatic carbocycles. The van der Waals surface area contributed by atoms with Crippen molar-refractivity contribution in [1.82, 2.24) is 5.32 Å². The summed E-state index contributed by atoms with van der Waals surface area (Å²) in [5, 5.41) is 5.25. The molecule has 10 heteroatoms. The van der Waals surface area contributed by atoms with Gasteiger partial charge >= 0.3 is 0 Å². The molecule has 0 aromatic heterocycles. The van der Waals surface area contributed by atoms with Gasteiger partial charge in [0.15, 0.2) is 5.11 Å². The summed E-state index contributed by atoms with van der Waals surface area (Å²) in [6.07, 6.45) is 1.49. The van der Waals surface area contributed by atoms with Gasteiger partial charge in [-0.2, -0.15) is 0 Å². The zero-order valence-electron chi connectivity index (χ0n) is 20.9. The van der Waals surface area contributed by atoms with Gasteiger partial charge in [-0.1, -0.05) is 18.2 Å². The maximum absolute atomic E-state index is 13.4. The van der Waals surface area contributed by atoms with E-state index in [4.69, 9.17) is 26.4 Å². The van der Waals surface area contributed by atoms with Crippen LogP contribution in [0.25, 0.3) is 6.08 Å². The third kappa shape index (κ3) is 5.81. The number of para-hydroxylation sites is 2. The molecular formula is C28H25N3O6S. The number of rotatable bonds is 8. The molecule has 1 aliphatic heterocycles. The summed E-state index contributed by atoms with van der Waals surface area (Å²) in [7, 11) is 3.04. The van der Waals surface area contributed by atoms with E-state index in [0.29, 0.717) is 39.8 Å². The molecule has 0 radical (unpaired) electrons. The molecule has 0 spiro atoms. The molecule has 2 N–H and O–H groups in total. The Morgan fingerprint density at radius 1 is 1.00 bits per heavy atom. The predicted molar refractivity (Wildman–Crippen MR) is 147 cm³/mol. The number of methoxy groups -OCH3 is 2. The van der Waals surface area contributed by atoms with E-state index >= 15 is 0 Å². The fourth-order valence-corrected chi connectivity index (χ4v) is 4.13. The van der Waals surface area contributed by atoms with Gasteiger partial charge in [0.25, 0.3) is 11.8 Å². The maximum atomic E-state index is 13.4. The number of carbonyl (C=O) groups is 3. The number of ether oxygens (including phenoxy) is 3. The van der Waals surface area contributed by atoms with Crippen molar-refractivity contribution in [3.05, 3.63) is 83.4 Å². The molecule has 1 fully saturated rings. The topological polar surface area (TPSA) is 106 Å². The monoisotopic (exact) mass is 531 g/mol. The fraction of sp³-hybridized carbons (Fsp3) is 0.143. The van der Waals surface area contributed by atoms with Gasteiger partial charge in [0.1, 0.15) is 29.4 Å². The molecule has 3 aromatic rings. The van der Waals surface area contributed by atoms with Gasteiger partial charge in [-0.3, -0.25) is 19.7 Å². The number of hydrogen-bond donors (Lipinski definition) is 2. The minimum Gasteiger partial charge on any atom is -0.496 e. The smallest absolute Gasteiger partial charge is 0.270 e. The lowest BCUT2D eigenvalue weighted by Crippen LogP contribution is -2.54. The van der Waals surface area contributed by atoms with Crippen molar-refractivity contribution in [3.8, 4) is 17.2 Å². The van der Waals surface area contributed by atoms with Crippen LogP contribution < -0.4 is 29.7 Å². The first kappa shape index (κ1) is 26.4. The zero-order valence-corrected chi connectivity index (χ0v) is 21.8. The number of nitrogens with one attached hydrogen (secondary N) is 2. The third-order valence-corrected chi connectivity index (χ3v) is 5.90. The van der Waals surface area contributed by atoms with Crippen LogP contribution in [0.1, 0.15) is 18.1 Å². The van der Waals surface area contributed by atoms with Crippen LogP contribution in [0.3, 0.4) is 0 Å². The zero-order chi connectivity index (χ0) is 27.2. The maximum Gasteiger partial charge on any atom is 0.270 e. The molecular weight excluding hydrogens is 506 g/mol. The summed E-state index contributed by atoms with van der Waals surface area (Å²) in [6, 6.07) is 19.1. The average Bonchev–Trinajstić information content (AvgIpc) is 2.90. The van der Waals surface area contributed by atoms with Gasteiger partial charge in [-0.25, -0.2) is 4.90 Å². The summed E-state index contributed by atoms with van der Waals surface area (Å²) < 4.78 is 16.7. The molecule has 0 saturated carbocycles. The summed E-state index contributed by atoms with van der Waals surface area (Å²) in [6.45, 7) is 1.60. The van der Waals surface area contributed by atoms with E-state index in [1.165, 1.54) is 25.0 Å². The van der Waals surface area contributed by atoms with Gasteiger partial charge in [0.05, 0.1) is 19.9 Å². The van der Waals surface area contributed by atoms with Crippen LogP contribution in [-0.2, 0) is 21.0 Å². The highest BCUT2D eigenvalue weighted by atomic mass is 32.1. The van der Waals surface area contributed by atoms with Gasteiger partial charge < -0.3 is 19.5 Å². The van der Waals surface area contributed by atoms with Crippen molar-refractivity contribution in [1.29, 1.82) is 0 Å². The minimum absolute atomic E-state index is 0.0324. The first-order chi connectivity index (χ1) is 18.3. The molecule has 0 atom stereocenters.